The SMILES string of the molecule is Cc1cc(Oc2ccc(F)cc2F)nc(SCc2cccc([N+](=O)[O-])c2)n1. The smallest absolute Gasteiger partial charge is 0.269 e. The Hall–Kier alpha value is -3.07. The number of hydrogen-bond acceptors (Lipinski definition) is 6. The lowest BCUT2D eigenvalue weighted by Gasteiger charge is -2.08. The number of aromatic nitrogens is 2. The van der Waals surface area contributed by atoms with Gasteiger partial charge >= 0.3 is 0 Å². The molecule has 0 atom stereocenters. The summed E-state index contributed by atoms with van der Waals surface area (Å²) in [5, 5.41) is 11.2. The van der Waals surface area contributed by atoms with Gasteiger partial charge in [-0.25, -0.2) is 13.8 Å². The van der Waals surface area contributed by atoms with E-state index in [4.69, 9.17) is 4.74 Å². The third-order valence-electron chi connectivity index (χ3n) is 3.41. The summed E-state index contributed by atoms with van der Waals surface area (Å²) < 4.78 is 32.1. The number of non-ortho nitro benzene ring substituents is 1. The molecule has 3 aromatic rings. The minimum atomic E-state index is -0.836. The quantitative estimate of drug-likeness (QED) is 0.254. The summed E-state index contributed by atoms with van der Waals surface area (Å²) in [6, 6.07) is 10.8. The van der Waals surface area contributed by atoms with Gasteiger partial charge in [-0.1, -0.05) is 23.9 Å². The average Bonchev–Trinajstić information content (AvgIpc) is 2.62. The second-order valence-corrected chi connectivity index (χ2v) is 6.47. The Morgan fingerprint density at radius 1 is 1.15 bits per heavy atom. The molecule has 0 saturated carbocycles. The predicted octanol–water partition coefficient (Wildman–Crippen LogP) is 5.06. The van der Waals surface area contributed by atoms with Gasteiger partial charge in [0.05, 0.1) is 4.92 Å². The van der Waals surface area contributed by atoms with Gasteiger partial charge in [-0.05, 0) is 24.6 Å². The largest absolute Gasteiger partial charge is 0.436 e. The van der Waals surface area contributed by atoms with E-state index in [-0.39, 0.29) is 17.3 Å². The van der Waals surface area contributed by atoms with E-state index in [1.807, 2.05) is 0 Å². The molecule has 1 aromatic heterocycles. The molecular weight excluding hydrogens is 376 g/mol. The van der Waals surface area contributed by atoms with Crippen molar-refractivity contribution in [2.75, 3.05) is 0 Å². The number of ether oxygens (including phenoxy) is 1. The van der Waals surface area contributed by atoms with E-state index in [0.29, 0.717) is 16.6 Å². The van der Waals surface area contributed by atoms with E-state index >= 15 is 0 Å². The molecule has 0 aliphatic carbocycles. The van der Waals surface area contributed by atoms with Crippen molar-refractivity contribution in [3.8, 4) is 11.6 Å². The van der Waals surface area contributed by atoms with E-state index in [2.05, 4.69) is 9.97 Å². The minimum Gasteiger partial charge on any atom is -0.436 e. The van der Waals surface area contributed by atoms with Crippen molar-refractivity contribution in [1.82, 2.24) is 9.97 Å². The van der Waals surface area contributed by atoms with Crippen LogP contribution in [0.2, 0.25) is 0 Å². The van der Waals surface area contributed by atoms with Crippen LogP contribution in [0.15, 0.2) is 53.7 Å². The van der Waals surface area contributed by atoms with Gasteiger partial charge in [-0.3, -0.25) is 10.1 Å². The number of rotatable bonds is 6. The zero-order valence-corrected chi connectivity index (χ0v) is 14.9. The van der Waals surface area contributed by atoms with Crippen LogP contribution in [0.3, 0.4) is 0 Å². The first-order chi connectivity index (χ1) is 12.9. The van der Waals surface area contributed by atoms with Crippen molar-refractivity contribution >= 4 is 17.4 Å². The van der Waals surface area contributed by atoms with E-state index < -0.39 is 16.6 Å². The van der Waals surface area contributed by atoms with Gasteiger partial charge in [0.25, 0.3) is 5.69 Å². The molecule has 0 N–H and O–H groups in total. The van der Waals surface area contributed by atoms with Crippen LogP contribution < -0.4 is 4.74 Å². The fraction of sp³-hybridized carbons (Fsp3) is 0.111. The van der Waals surface area contributed by atoms with Crippen LogP contribution in [0.4, 0.5) is 14.5 Å². The third-order valence-corrected chi connectivity index (χ3v) is 4.33. The van der Waals surface area contributed by atoms with E-state index in [9.17, 15) is 18.9 Å². The molecule has 3 rings (SSSR count). The molecule has 2 aromatic carbocycles. The topological polar surface area (TPSA) is 78.2 Å². The summed E-state index contributed by atoms with van der Waals surface area (Å²) >= 11 is 1.26. The second-order valence-electron chi connectivity index (χ2n) is 5.52. The fourth-order valence-corrected chi connectivity index (χ4v) is 3.05. The highest BCUT2D eigenvalue weighted by Gasteiger charge is 2.11. The summed E-state index contributed by atoms with van der Waals surface area (Å²) in [5.74, 6) is -1.15. The molecule has 138 valence electrons. The van der Waals surface area contributed by atoms with Crippen molar-refractivity contribution in [2.24, 2.45) is 0 Å². The van der Waals surface area contributed by atoms with Crippen molar-refractivity contribution in [3.05, 3.63) is 81.5 Å². The number of aryl methyl sites for hydroxylation is 1. The molecule has 9 heteroatoms. The first kappa shape index (κ1) is 18.7. The average molecular weight is 389 g/mol. The van der Waals surface area contributed by atoms with Gasteiger partial charge < -0.3 is 4.74 Å². The van der Waals surface area contributed by atoms with Crippen molar-refractivity contribution in [1.29, 1.82) is 0 Å². The summed E-state index contributed by atoms with van der Waals surface area (Å²) in [7, 11) is 0. The third kappa shape index (κ3) is 4.98. The Labute approximate surface area is 157 Å². The first-order valence-corrected chi connectivity index (χ1v) is 8.74. The molecular formula is C18H13F2N3O3S. The molecule has 0 fully saturated rings. The second kappa shape index (κ2) is 8.09. The number of benzene rings is 2. The zero-order valence-electron chi connectivity index (χ0n) is 14.1. The Morgan fingerprint density at radius 3 is 2.70 bits per heavy atom. The minimum absolute atomic E-state index is 0.00840. The van der Waals surface area contributed by atoms with Crippen LogP contribution in [0.1, 0.15) is 11.3 Å². The number of halogens is 2. The first-order valence-electron chi connectivity index (χ1n) is 7.75. The molecule has 27 heavy (non-hydrogen) atoms. The maximum atomic E-state index is 13.7. The van der Waals surface area contributed by atoms with Gasteiger partial charge in [-0.2, -0.15) is 4.98 Å². The van der Waals surface area contributed by atoms with Crippen molar-refractivity contribution < 1.29 is 18.4 Å². The molecule has 0 aliphatic heterocycles. The molecule has 1 heterocycles. The molecule has 0 saturated heterocycles. The molecule has 0 radical (unpaired) electrons. The van der Waals surface area contributed by atoms with E-state index in [1.54, 1.807) is 19.1 Å². The maximum Gasteiger partial charge on any atom is 0.269 e. The molecule has 0 spiro atoms. The van der Waals surface area contributed by atoms with Gasteiger partial charge in [0.15, 0.2) is 16.7 Å². The highest BCUT2D eigenvalue weighted by atomic mass is 32.2. The molecule has 6 nitrogen and oxygen atoms in total. The Balaban J connectivity index is 1.75. The molecule has 0 unspecified atom stereocenters. The van der Waals surface area contributed by atoms with Gasteiger partial charge in [-0.15, -0.1) is 0 Å². The lowest BCUT2D eigenvalue weighted by atomic mass is 10.2. The molecule has 0 bridgehead atoms. The van der Waals surface area contributed by atoms with Crippen molar-refractivity contribution in [3.63, 3.8) is 0 Å². The summed E-state index contributed by atoms with van der Waals surface area (Å²) in [5.41, 5.74) is 1.35. The number of nitro groups is 1. The van der Waals surface area contributed by atoms with E-state index in [1.165, 1.54) is 36.0 Å². The Kier molecular flexibility index (Phi) is 5.60. The standard InChI is InChI=1S/C18H13F2N3O3S/c1-11-7-17(26-16-6-5-13(19)9-15(16)20)22-18(21-11)27-10-12-3-2-4-14(8-12)23(24)25/h2-9H,10H2,1H3. The van der Waals surface area contributed by atoms with Crippen LogP contribution >= 0.6 is 11.8 Å². The maximum absolute atomic E-state index is 13.7. The highest BCUT2D eigenvalue weighted by Crippen LogP contribution is 2.27. The van der Waals surface area contributed by atoms with Crippen LogP contribution in [0.5, 0.6) is 11.6 Å². The molecule has 0 amide bonds. The normalized spacial score (nSPS) is 10.6. The zero-order chi connectivity index (χ0) is 19.4. The highest BCUT2D eigenvalue weighted by molar-refractivity contribution is 7.98. The summed E-state index contributed by atoms with van der Waals surface area (Å²) in [6.07, 6.45) is 0. The number of nitro benzene ring substituents is 1. The van der Waals surface area contributed by atoms with Crippen LogP contribution in [-0.2, 0) is 5.75 Å². The fourth-order valence-electron chi connectivity index (χ4n) is 2.21. The van der Waals surface area contributed by atoms with Gasteiger partial charge in [0, 0.05) is 35.7 Å². The Bertz CT molecular complexity index is 1000. The number of nitrogens with zero attached hydrogens (tertiary/aromatic N) is 3. The summed E-state index contributed by atoms with van der Waals surface area (Å²) in [6.45, 7) is 1.73. The monoisotopic (exact) mass is 389 g/mol. The van der Waals surface area contributed by atoms with Crippen LogP contribution in [0.25, 0.3) is 0 Å². The predicted molar refractivity (Wildman–Crippen MR) is 95.9 cm³/mol. The summed E-state index contributed by atoms with van der Waals surface area (Å²) in [4.78, 5) is 18.9. The lowest BCUT2D eigenvalue weighted by molar-refractivity contribution is -0.384. The van der Waals surface area contributed by atoms with Gasteiger partial charge in [0.1, 0.15) is 5.82 Å². The van der Waals surface area contributed by atoms with Crippen molar-refractivity contribution in [2.45, 2.75) is 17.8 Å². The van der Waals surface area contributed by atoms with Crippen LogP contribution in [-0.4, -0.2) is 14.9 Å². The van der Waals surface area contributed by atoms with Gasteiger partial charge in [0.2, 0.25) is 5.88 Å². The van der Waals surface area contributed by atoms with E-state index in [0.717, 1.165) is 17.7 Å². The lowest BCUT2D eigenvalue weighted by Crippen LogP contribution is -1.97. The van der Waals surface area contributed by atoms with Crippen LogP contribution in [0, 0.1) is 28.7 Å². The Morgan fingerprint density at radius 2 is 1.96 bits per heavy atom. The number of hydrogen-bond donors (Lipinski definition) is 0. The number of thioether (sulfide) groups is 1. The molecule has 0 aliphatic rings.